The van der Waals surface area contributed by atoms with Crippen LogP contribution in [-0.4, -0.2) is 52.0 Å². The minimum absolute atomic E-state index is 0.0636. The van der Waals surface area contributed by atoms with Gasteiger partial charge in [-0.05, 0) is 13.0 Å². The van der Waals surface area contributed by atoms with Crippen LogP contribution in [0.4, 0.5) is 0 Å². The first-order valence-electron chi connectivity index (χ1n) is 6.12. The van der Waals surface area contributed by atoms with Gasteiger partial charge in [-0.15, -0.1) is 0 Å². The van der Waals surface area contributed by atoms with Crippen molar-refractivity contribution in [2.75, 3.05) is 33.9 Å². The lowest BCUT2D eigenvalue weighted by atomic mass is 10.2. The molecule has 5 heteroatoms. The first-order chi connectivity index (χ1) is 8.10. The summed E-state index contributed by atoms with van der Waals surface area (Å²) in [6, 6.07) is 0.470. The molecule has 5 nitrogen and oxygen atoms in total. The normalized spacial score (nSPS) is 12.8. The third-order valence-corrected chi connectivity index (χ3v) is 2.35. The average molecular weight is 246 g/mol. The van der Waals surface area contributed by atoms with Crippen LogP contribution in [-0.2, 0) is 14.3 Å². The van der Waals surface area contributed by atoms with Crippen molar-refractivity contribution in [3.05, 3.63) is 0 Å². The van der Waals surface area contributed by atoms with Crippen molar-refractivity contribution in [1.82, 2.24) is 10.6 Å². The van der Waals surface area contributed by atoms with Gasteiger partial charge in [-0.1, -0.05) is 13.8 Å². The molecule has 0 saturated carbocycles. The lowest BCUT2D eigenvalue weighted by molar-refractivity contribution is -0.121. The van der Waals surface area contributed by atoms with Gasteiger partial charge in [0.2, 0.25) is 5.91 Å². The largest absolute Gasteiger partial charge is 0.382 e. The number of hydrogen-bond acceptors (Lipinski definition) is 4. The number of ether oxygens (including phenoxy) is 2. The predicted octanol–water partition coefficient (Wildman–Crippen LogP) is 0.542. The van der Waals surface area contributed by atoms with E-state index in [0.29, 0.717) is 25.6 Å². The summed E-state index contributed by atoms with van der Waals surface area (Å²) in [5.41, 5.74) is 0. The monoisotopic (exact) mass is 246 g/mol. The second kappa shape index (κ2) is 10.5. The van der Waals surface area contributed by atoms with Crippen molar-refractivity contribution >= 4 is 5.91 Å². The van der Waals surface area contributed by atoms with Crippen molar-refractivity contribution in [1.29, 1.82) is 0 Å². The van der Waals surface area contributed by atoms with E-state index >= 15 is 0 Å². The first kappa shape index (κ1) is 16.4. The topological polar surface area (TPSA) is 59.6 Å². The molecule has 0 aromatic heterocycles. The van der Waals surface area contributed by atoms with Gasteiger partial charge in [0.1, 0.15) is 0 Å². The SMILES string of the molecule is COCC(CNC(=O)CCCNC(C)C)OC. The maximum absolute atomic E-state index is 11.5. The molecule has 0 aromatic carbocycles. The van der Waals surface area contributed by atoms with Crippen molar-refractivity contribution in [2.45, 2.75) is 38.8 Å². The predicted molar refractivity (Wildman–Crippen MR) is 68.1 cm³/mol. The Balaban J connectivity index is 3.51. The van der Waals surface area contributed by atoms with Crippen LogP contribution in [0.5, 0.6) is 0 Å². The van der Waals surface area contributed by atoms with E-state index in [1.807, 2.05) is 0 Å². The minimum atomic E-state index is -0.0715. The second-order valence-electron chi connectivity index (χ2n) is 4.33. The van der Waals surface area contributed by atoms with Gasteiger partial charge in [-0.25, -0.2) is 0 Å². The standard InChI is InChI=1S/C12H26N2O3/c1-10(2)13-7-5-6-12(15)14-8-11(17-4)9-16-3/h10-11,13H,5-9H2,1-4H3,(H,14,15). The maximum atomic E-state index is 11.5. The molecule has 0 aliphatic heterocycles. The Kier molecular flexibility index (Phi) is 10.1. The lowest BCUT2D eigenvalue weighted by Crippen LogP contribution is -2.36. The molecule has 1 atom stereocenters. The Hall–Kier alpha value is -0.650. The van der Waals surface area contributed by atoms with Crippen LogP contribution in [0, 0.1) is 0 Å². The van der Waals surface area contributed by atoms with Gasteiger partial charge in [0.25, 0.3) is 0 Å². The highest BCUT2D eigenvalue weighted by molar-refractivity contribution is 5.75. The molecular formula is C12H26N2O3. The number of rotatable bonds is 10. The minimum Gasteiger partial charge on any atom is -0.382 e. The number of amides is 1. The third kappa shape index (κ3) is 10.2. The molecule has 0 heterocycles. The quantitative estimate of drug-likeness (QED) is 0.552. The van der Waals surface area contributed by atoms with Crippen LogP contribution in [0.1, 0.15) is 26.7 Å². The molecule has 0 bridgehead atoms. The molecule has 0 aliphatic carbocycles. The van der Waals surface area contributed by atoms with E-state index in [-0.39, 0.29) is 12.0 Å². The number of nitrogens with one attached hydrogen (secondary N) is 2. The summed E-state index contributed by atoms with van der Waals surface area (Å²) >= 11 is 0. The Morgan fingerprint density at radius 2 is 2.00 bits per heavy atom. The van der Waals surface area contributed by atoms with Crippen LogP contribution >= 0.6 is 0 Å². The Labute approximate surface area is 104 Å². The van der Waals surface area contributed by atoms with Crippen LogP contribution < -0.4 is 10.6 Å². The number of carbonyl (C=O) groups excluding carboxylic acids is 1. The van der Waals surface area contributed by atoms with Crippen molar-refractivity contribution in [3.63, 3.8) is 0 Å². The molecule has 1 amide bonds. The highest BCUT2D eigenvalue weighted by Crippen LogP contribution is 1.92. The van der Waals surface area contributed by atoms with E-state index in [4.69, 9.17) is 9.47 Å². The molecule has 0 fully saturated rings. The number of hydrogen-bond donors (Lipinski definition) is 2. The Morgan fingerprint density at radius 3 is 2.53 bits per heavy atom. The van der Waals surface area contributed by atoms with E-state index in [1.54, 1.807) is 14.2 Å². The van der Waals surface area contributed by atoms with Gasteiger partial charge < -0.3 is 20.1 Å². The van der Waals surface area contributed by atoms with Crippen LogP contribution in [0.3, 0.4) is 0 Å². The van der Waals surface area contributed by atoms with Crippen LogP contribution in [0.25, 0.3) is 0 Å². The zero-order valence-corrected chi connectivity index (χ0v) is 11.4. The van der Waals surface area contributed by atoms with E-state index in [1.165, 1.54) is 0 Å². The summed E-state index contributed by atoms with van der Waals surface area (Å²) in [5, 5.41) is 6.11. The smallest absolute Gasteiger partial charge is 0.220 e. The van der Waals surface area contributed by atoms with Gasteiger partial charge in [-0.3, -0.25) is 4.79 Å². The lowest BCUT2D eigenvalue weighted by Gasteiger charge is -2.15. The zero-order valence-electron chi connectivity index (χ0n) is 11.4. The van der Waals surface area contributed by atoms with Gasteiger partial charge in [0, 0.05) is 33.2 Å². The zero-order chi connectivity index (χ0) is 13.1. The second-order valence-corrected chi connectivity index (χ2v) is 4.33. The molecular weight excluding hydrogens is 220 g/mol. The fourth-order valence-electron chi connectivity index (χ4n) is 1.35. The molecule has 0 spiro atoms. The van der Waals surface area contributed by atoms with Crippen LogP contribution in [0.2, 0.25) is 0 Å². The molecule has 0 rings (SSSR count). The first-order valence-corrected chi connectivity index (χ1v) is 6.12. The summed E-state index contributed by atoms with van der Waals surface area (Å²) in [7, 11) is 3.23. The summed E-state index contributed by atoms with van der Waals surface area (Å²) < 4.78 is 10.1. The highest BCUT2D eigenvalue weighted by atomic mass is 16.5. The van der Waals surface area contributed by atoms with Crippen molar-refractivity contribution in [2.24, 2.45) is 0 Å². The van der Waals surface area contributed by atoms with Crippen molar-refractivity contribution in [3.8, 4) is 0 Å². The van der Waals surface area contributed by atoms with Crippen molar-refractivity contribution < 1.29 is 14.3 Å². The van der Waals surface area contributed by atoms with E-state index < -0.39 is 0 Å². The third-order valence-electron chi connectivity index (χ3n) is 2.35. The van der Waals surface area contributed by atoms with E-state index in [2.05, 4.69) is 24.5 Å². The van der Waals surface area contributed by atoms with Crippen LogP contribution in [0.15, 0.2) is 0 Å². The molecule has 0 aromatic rings. The van der Waals surface area contributed by atoms with E-state index in [9.17, 15) is 4.79 Å². The fourth-order valence-corrected chi connectivity index (χ4v) is 1.35. The van der Waals surface area contributed by atoms with Gasteiger partial charge in [0.05, 0.1) is 12.7 Å². The van der Waals surface area contributed by atoms with Gasteiger partial charge >= 0.3 is 0 Å². The molecule has 17 heavy (non-hydrogen) atoms. The molecule has 2 N–H and O–H groups in total. The molecule has 0 saturated heterocycles. The maximum Gasteiger partial charge on any atom is 0.220 e. The number of methoxy groups -OCH3 is 2. The molecule has 0 aliphatic rings. The molecule has 102 valence electrons. The molecule has 1 unspecified atom stereocenters. The summed E-state index contributed by atoms with van der Waals surface area (Å²) in [5.74, 6) is 0.0636. The summed E-state index contributed by atoms with van der Waals surface area (Å²) in [4.78, 5) is 11.5. The Morgan fingerprint density at radius 1 is 1.29 bits per heavy atom. The Bertz CT molecular complexity index is 198. The van der Waals surface area contributed by atoms with Gasteiger partial charge in [-0.2, -0.15) is 0 Å². The van der Waals surface area contributed by atoms with Gasteiger partial charge in [0.15, 0.2) is 0 Å². The fraction of sp³-hybridized carbons (Fsp3) is 0.917. The number of carbonyl (C=O) groups is 1. The highest BCUT2D eigenvalue weighted by Gasteiger charge is 2.08. The average Bonchev–Trinajstić information content (AvgIpc) is 2.29. The summed E-state index contributed by atoms with van der Waals surface area (Å²) in [6.07, 6.45) is 1.33. The summed E-state index contributed by atoms with van der Waals surface area (Å²) in [6.45, 7) is 6.05. The molecule has 0 radical (unpaired) electrons. The van der Waals surface area contributed by atoms with E-state index in [0.717, 1.165) is 13.0 Å².